The lowest BCUT2D eigenvalue weighted by molar-refractivity contribution is -0.131. The Bertz CT molecular complexity index is 415. The lowest BCUT2D eigenvalue weighted by Gasteiger charge is -2.22. The van der Waals surface area contributed by atoms with E-state index in [2.05, 4.69) is 20.8 Å². The topological polar surface area (TPSA) is 83.3 Å². The second-order valence-corrected chi connectivity index (χ2v) is 4.91. The molecule has 1 amide bonds. The number of carbonyl (C=O) groups is 1. The van der Waals surface area contributed by atoms with Gasteiger partial charge in [-0.1, -0.05) is 18.9 Å². The Labute approximate surface area is 120 Å². The molecule has 1 atom stereocenters. The summed E-state index contributed by atoms with van der Waals surface area (Å²) in [6.45, 7) is 11.7. The fourth-order valence-corrected chi connectivity index (χ4v) is 1.73. The van der Waals surface area contributed by atoms with Gasteiger partial charge in [0.05, 0.1) is 6.54 Å². The summed E-state index contributed by atoms with van der Waals surface area (Å²) in [5.41, 5.74) is 0. The van der Waals surface area contributed by atoms with E-state index in [4.69, 9.17) is 4.42 Å². The number of anilines is 1. The number of hydrogen-bond donors (Lipinski definition) is 2. The summed E-state index contributed by atoms with van der Waals surface area (Å²) in [5, 5.41) is 13.9. The number of hydrogen-bond acceptors (Lipinski definition) is 6. The van der Waals surface area contributed by atoms with E-state index >= 15 is 0 Å². The second-order valence-electron chi connectivity index (χ2n) is 4.91. The van der Waals surface area contributed by atoms with Crippen LogP contribution in [0, 0.1) is 0 Å². The molecule has 114 valence electrons. The number of nitrogens with zero attached hydrogens (tertiary/aromatic N) is 3. The van der Waals surface area contributed by atoms with Crippen molar-refractivity contribution in [3.05, 3.63) is 5.89 Å². The molecule has 1 aromatic rings. The number of rotatable bonds is 8. The average molecular weight is 283 g/mol. The Morgan fingerprint density at radius 1 is 1.25 bits per heavy atom. The molecule has 1 rings (SSSR count). The molecule has 0 radical (unpaired) electrons. The molecule has 0 saturated carbocycles. The third kappa shape index (κ3) is 4.80. The second kappa shape index (κ2) is 7.84. The highest BCUT2D eigenvalue weighted by Crippen LogP contribution is 2.08. The normalized spacial score (nSPS) is 12.5. The minimum absolute atomic E-state index is 0.0232. The molecular weight excluding hydrogens is 258 g/mol. The maximum atomic E-state index is 12.1. The summed E-state index contributed by atoms with van der Waals surface area (Å²) in [6, 6.07) is 0.237. The van der Waals surface area contributed by atoms with E-state index in [1.54, 1.807) is 11.8 Å². The van der Waals surface area contributed by atoms with Gasteiger partial charge in [0.2, 0.25) is 11.8 Å². The van der Waals surface area contributed by atoms with Gasteiger partial charge in [-0.05, 0) is 20.8 Å². The lowest BCUT2D eigenvalue weighted by atomic mass is 10.3. The zero-order chi connectivity index (χ0) is 15.1. The molecule has 0 aromatic carbocycles. The van der Waals surface area contributed by atoms with Gasteiger partial charge in [-0.2, -0.15) is 0 Å². The van der Waals surface area contributed by atoms with Gasteiger partial charge >= 0.3 is 6.01 Å². The molecule has 0 aliphatic rings. The molecule has 0 aliphatic carbocycles. The first-order chi connectivity index (χ1) is 9.47. The molecule has 0 aliphatic heterocycles. The molecule has 1 aromatic heterocycles. The molecular formula is C13H25N5O2. The number of likely N-dealkylation sites (N-methyl/N-ethyl adjacent to an activating group) is 1. The molecule has 0 saturated heterocycles. The van der Waals surface area contributed by atoms with Gasteiger partial charge in [-0.15, -0.1) is 5.10 Å². The third-order valence-electron chi connectivity index (χ3n) is 2.91. The van der Waals surface area contributed by atoms with Gasteiger partial charge < -0.3 is 20.0 Å². The average Bonchev–Trinajstić information content (AvgIpc) is 2.85. The van der Waals surface area contributed by atoms with Crippen LogP contribution in [0.25, 0.3) is 0 Å². The third-order valence-corrected chi connectivity index (χ3v) is 2.91. The smallest absolute Gasteiger partial charge is 0.316 e. The van der Waals surface area contributed by atoms with Crippen LogP contribution in [0.4, 0.5) is 6.01 Å². The Kier molecular flexibility index (Phi) is 6.44. The lowest BCUT2D eigenvalue weighted by Crippen LogP contribution is -2.41. The van der Waals surface area contributed by atoms with Crippen molar-refractivity contribution >= 4 is 11.9 Å². The summed E-state index contributed by atoms with van der Waals surface area (Å²) < 4.78 is 5.44. The highest BCUT2D eigenvalue weighted by molar-refractivity contribution is 5.83. The zero-order valence-corrected chi connectivity index (χ0v) is 12.9. The Hall–Kier alpha value is -1.63. The van der Waals surface area contributed by atoms with Crippen LogP contribution < -0.4 is 10.6 Å². The molecule has 0 spiro atoms. The van der Waals surface area contributed by atoms with Crippen LogP contribution in [0.15, 0.2) is 4.42 Å². The fourth-order valence-electron chi connectivity index (χ4n) is 1.73. The van der Waals surface area contributed by atoms with Gasteiger partial charge in [0.1, 0.15) is 6.04 Å². The van der Waals surface area contributed by atoms with E-state index in [0.29, 0.717) is 31.6 Å². The van der Waals surface area contributed by atoms with E-state index in [-0.39, 0.29) is 18.0 Å². The molecule has 1 unspecified atom stereocenters. The predicted molar refractivity (Wildman–Crippen MR) is 77.3 cm³/mol. The molecule has 7 nitrogen and oxygen atoms in total. The van der Waals surface area contributed by atoms with Crippen LogP contribution in [0.3, 0.4) is 0 Å². The van der Waals surface area contributed by atoms with Crippen LogP contribution in [0.2, 0.25) is 0 Å². The van der Waals surface area contributed by atoms with E-state index in [9.17, 15) is 4.79 Å². The van der Waals surface area contributed by atoms with Gasteiger partial charge in [-0.3, -0.25) is 4.79 Å². The van der Waals surface area contributed by atoms with Crippen molar-refractivity contribution in [2.45, 2.75) is 53.2 Å². The van der Waals surface area contributed by atoms with E-state index < -0.39 is 0 Å². The first-order valence-corrected chi connectivity index (χ1v) is 7.09. The Balaban J connectivity index is 2.53. The molecule has 0 bridgehead atoms. The Morgan fingerprint density at radius 2 is 1.90 bits per heavy atom. The van der Waals surface area contributed by atoms with E-state index in [1.807, 2.05) is 27.7 Å². The predicted octanol–water partition coefficient (Wildman–Crippen LogP) is 1.24. The summed E-state index contributed by atoms with van der Waals surface area (Å²) in [4.78, 5) is 13.9. The number of nitrogens with one attached hydrogen (secondary N) is 2. The van der Waals surface area contributed by atoms with Crippen LogP contribution in [-0.2, 0) is 11.3 Å². The highest BCUT2D eigenvalue weighted by Gasteiger charge is 2.20. The van der Waals surface area contributed by atoms with Crippen molar-refractivity contribution in [3.63, 3.8) is 0 Å². The van der Waals surface area contributed by atoms with Gasteiger partial charge in [0.25, 0.3) is 0 Å². The van der Waals surface area contributed by atoms with E-state index in [0.717, 1.165) is 0 Å². The van der Waals surface area contributed by atoms with E-state index in [1.165, 1.54) is 0 Å². The monoisotopic (exact) mass is 283 g/mol. The molecule has 20 heavy (non-hydrogen) atoms. The van der Waals surface area contributed by atoms with Crippen molar-refractivity contribution in [3.8, 4) is 0 Å². The summed E-state index contributed by atoms with van der Waals surface area (Å²) in [6.07, 6.45) is 0. The minimum Gasteiger partial charge on any atom is -0.407 e. The number of carbonyl (C=O) groups excluding carboxylic acids is 1. The van der Waals surface area contributed by atoms with Crippen LogP contribution >= 0.6 is 0 Å². The van der Waals surface area contributed by atoms with Gasteiger partial charge in [0.15, 0.2) is 0 Å². The number of aromatic nitrogens is 2. The number of amides is 1. The zero-order valence-electron chi connectivity index (χ0n) is 12.9. The van der Waals surface area contributed by atoms with Crippen molar-refractivity contribution in [2.75, 3.05) is 18.4 Å². The van der Waals surface area contributed by atoms with Crippen LogP contribution in [0.1, 0.15) is 40.5 Å². The summed E-state index contributed by atoms with van der Waals surface area (Å²) >= 11 is 0. The summed E-state index contributed by atoms with van der Waals surface area (Å²) in [5.74, 6) is 0.527. The summed E-state index contributed by atoms with van der Waals surface area (Å²) in [7, 11) is 0. The van der Waals surface area contributed by atoms with Crippen molar-refractivity contribution < 1.29 is 9.21 Å². The van der Waals surface area contributed by atoms with Crippen LogP contribution in [0.5, 0.6) is 0 Å². The van der Waals surface area contributed by atoms with Crippen molar-refractivity contribution in [1.29, 1.82) is 0 Å². The quantitative estimate of drug-likeness (QED) is 0.747. The highest BCUT2D eigenvalue weighted by atomic mass is 16.4. The molecule has 0 fully saturated rings. The SMILES string of the molecule is CCN(CC)C(=O)C(C)Nc1nnc(CNC(C)C)o1. The van der Waals surface area contributed by atoms with Crippen molar-refractivity contribution in [2.24, 2.45) is 0 Å². The van der Waals surface area contributed by atoms with Gasteiger partial charge in [0, 0.05) is 19.1 Å². The maximum absolute atomic E-state index is 12.1. The first-order valence-electron chi connectivity index (χ1n) is 7.09. The molecule has 7 heteroatoms. The minimum atomic E-state index is -0.388. The standard InChI is InChI=1S/C13H25N5O2/c1-6-18(7-2)12(19)10(5)15-13-17-16-11(20-13)8-14-9(3)4/h9-10,14H,6-8H2,1-5H3,(H,15,17). The van der Waals surface area contributed by atoms with Crippen molar-refractivity contribution in [1.82, 2.24) is 20.4 Å². The molecule has 2 N–H and O–H groups in total. The van der Waals surface area contributed by atoms with Crippen LogP contribution in [-0.4, -0.2) is 46.2 Å². The molecule has 1 heterocycles. The van der Waals surface area contributed by atoms with Gasteiger partial charge in [-0.25, -0.2) is 0 Å². The maximum Gasteiger partial charge on any atom is 0.316 e. The Morgan fingerprint density at radius 3 is 2.45 bits per heavy atom. The first kappa shape index (κ1) is 16.4. The largest absolute Gasteiger partial charge is 0.407 e. The fraction of sp³-hybridized carbons (Fsp3) is 0.769.